The van der Waals surface area contributed by atoms with E-state index in [4.69, 9.17) is 5.11 Å². The largest absolute Gasteiger partial charge is 0.478 e. The minimum Gasteiger partial charge on any atom is -0.478 e. The normalized spacial score (nSPS) is 11.0. The van der Waals surface area contributed by atoms with Crippen LogP contribution < -0.4 is 0 Å². The van der Waals surface area contributed by atoms with E-state index in [1.807, 2.05) is 12.1 Å². The summed E-state index contributed by atoms with van der Waals surface area (Å²) >= 11 is 0. The number of hydrogen-bond acceptors (Lipinski definition) is 2. The van der Waals surface area contributed by atoms with Crippen molar-refractivity contribution in [3.05, 3.63) is 77.9 Å². The van der Waals surface area contributed by atoms with Crippen LogP contribution in [0.3, 0.4) is 0 Å². The van der Waals surface area contributed by atoms with Crippen molar-refractivity contribution in [2.75, 3.05) is 7.05 Å². The van der Waals surface area contributed by atoms with Crippen LogP contribution in [-0.2, 0) is 4.79 Å². The van der Waals surface area contributed by atoms with Crippen molar-refractivity contribution in [2.24, 2.45) is 0 Å². The van der Waals surface area contributed by atoms with Crippen LogP contribution in [0.4, 0.5) is 0 Å². The van der Waals surface area contributed by atoms with E-state index in [0.717, 1.165) is 6.08 Å². The van der Waals surface area contributed by atoms with Gasteiger partial charge >= 0.3 is 5.97 Å². The van der Waals surface area contributed by atoms with Gasteiger partial charge in [0.1, 0.15) is 0 Å². The molecule has 2 aromatic carbocycles. The zero-order valence-electron chi connectivity index (χ0n) is 11.6. The quantitative estimate of drug-likeness (QED) is 0.877. The van der Waals surface area contributed by atoms with Gasteiger partial charge in [0, 0.05) is 18.7 Å². The Morgan fingerprint density at radius 3 is 1.86 bits per heavy atom. The minimum absolute atomic E-state index is 0.257. The second-order valence-electron chi connectivity index (χ2n) is 4.46. The third-order valence-electron chi connectivity index (χ3n) is 3.02. The van der Waals surface area contributed by atoms with Crippen LogP contribution >= 0.6 is 0 Å². The average molecular weight is 281 g/mol. The highest BCUT2D eigenvalue weighted by molar-refractivity contribution is 6.02. The van der Waals surface area contributed by atoms with Crippen LogP contribution in [-0.4, -0.2) is 28.9 Å². The van der Waals surface area contributed by atoms with Crippen LogP contribution in [0.25, 0.3) is 5.70 Å². The molecule has 0 saturated heterocycles. The molecule has 106 valence electrons. The number of hydrogen-bond donors (Lipinski definition) is 1. The van der Waals surface area contributed by atoms with E-state index < -0.39 is 5.97 Å². The second kappa shape index (κ2) is 6.52. The minimum atomic E-state index is -1.10. The molecule has 0 aliphatic carbocycles. The van der Waals surface area contributed by atoms with Crippen LogP contribution in [0.5, 0.6) is 0 Å². The summed E-state index contributed by atoms with van der Waals surface area (Å²) in [4.78, 5) is 24.8. The average Bonchev–Trinajstić information content (AvgIpc) is 2.53. The number of benzene rings is 2. The molecule has 0 spiro atoms. The summed E-state index contributed by atoms with van der Waals surface area (Å²) in [5.74, 6) is -1.35. The Morgan fingerprint density at radius 1 is 0.905 bits per heavy atom. The summed E-state index contributed by atoms with van der Waals surface area (Å²) in [6, 6.07) is 17.7. The molecule has 2 rings (SSSR count). The van der Waals surface area contributed by atoms with E-state index in [9.17, 15) is 9.59 Å². The highest BCUT2D eigenvalue weighted by atomic mass is 16.4. The highest BCUT2D eigenvalue weighted by Gasteiger charge is 2.17. The first-order chi connectivity index (χ1) is 10.1. The van der Waals surface area contributed by atoms with Gasteiger partial charge in [0.15, 0.2) is 0 Å². The van der Waals surface area contributed by atoms with E-state index in [0.29, 0.717) is 16.8 Å². The topological polar surface area (TPSA) is 57.6 Å². The molecule has 4 nitrogen and oxygen atoms in total. The van der Waals surface area contributed by atoms with Crippen molar-refractivity contribution in [1.82, 2.24) is 4.90 Å². The first-order valence-corrected chi connectivity index (χ1v) is 6.42. The summed E-state index contributed by atoms with van der Waals surface area (Å²) in [5.41, 5.74) is 1.52. The molecule has 2 aromatic rings. The van der Waals surface area contributed by atoms with Gasteiger partial charge < -0.3 is 10.0 Å². The van der Waals surface area contributed by atoms with Crippen molar-refractivity contribution < 1.29 is 14.7 Å². The summed E-state index contributed by atoms with van der Waals surface area (Å²) in [6.07, 6.45) is 1.04. The maximum atomic E-state index is 12.4. The zero-order chi connectivity index (χ0) is 15.2. The molecule has 21 heavy (non-hydrogen) atoms. The monoisotopic (exact) mass is 281 g/mol. The van der Waals surface area contributed by atoms with E-state index in [1.54, 1.807) is 55.6 Å². The molecular formula is C17H15NO3. The van der Waals surface area contributed by atoms with E-state index in [2.05, 4.69) is 0 Å². The molecule has 0 atom stereocenters. The predicted molar refractivity (Wildman–Crippen MR) is 80.6 cm³/mol. The Balaban J connectivity index is 2.38. The molecule has 0 radical (unpaired) electrons. The van der Waals surface area contributed by atoms with Gasteiger partial charge in [-0.1, -0.05) is 48.5 Å². The van der Waals surface area contributed by atoms with Crippen molar-refractivity contribution >= 4 is 17.6 Å². The molecule has 0 aromatic heterocycles. The van der Waals surface area contributed by atoms with Gasteiger partial charge in [-0.15, -0.1) is 0 Å². The van der Waals surface area contributed by atoms with Crippen molar-refractivity contribution in [3.63, 3.8) is 0 Å². The SMILES string of the molecule is CN(C(=O)c1ccccc1)C(=CC(=O)O)c1ccccc1. The molecule has 0 aliphatic rings. The number of carbonyl (C=O) groups excluding carboxylic acids is 1. The van der Waals surface area contributed by atoms with E-state index in [1.165, 1.54) is 4.90 Å². The van der Waals surface area contributed by atoms with Gasteiger partial charge in [0.05, 0.1) is 5.70 Å². The summed E-state index contributed by atoms with van der Waals surface area (Å²) in [5, 5.41) is 9.03. The predicted octanol–water partition coefficient (Wildman–Crippen LogP) is 2.88. The van der Waals surface area contributed by atoms with Gasteiger partial charge in [0.2, 0.25) is 0 Å². The first-order valence-electron chi connectivity index (χ1n) is 6.42. The maximum absolute atomic E-state index is 12.4. The number of carboxylic acid groups (broad SMARTS) is 1. The molecule has 1 amide bonds. The summed E-state index contributed by atoms with van der Waals surface area (Å²) in [6.45, 7) is 0. The molecule has 0 fully saturated rings. The van der Waals surface area contributed by atoms with Gasteiger partial charge in [-0.25, -0.2) is 4.79 Å². The summed E-state index contributed by atoms with van der Waals surface area (Å²) in [7, 11) is 1.57. The molecule has 1 N–H and O–H groups in total. The Kier molecular flexibility index (Phi) is 4.51. The standard InChI is InChI=1S/C17H15NO3/c1-18(17(21)14-10-6-3-7-11-14)15(12-16(19)20)13-8-4-2-5-9-13/h2-12H,1H3,(H,19,20). The number of carboxylic acids is 1. The second-order valence-corrected chi connectivity index (χ2v) is 4.46. The van der Waals surface area contributed by atoms with Crippen LogP contribution in [0, 0.1) is 0 Å². The molecule has 0 heterocycles. The van der Waals surface area contributed by atoms with Crippen LogP contribution in [0.15, 0.2) is 66.7 Å². The Morgan fingerprint density at radius 2 is 1.38 bits per heavy atom. The lowest BCUT2D eigenvalue weighted by Gasteiger charge is -2.21. The Bertz CT molecular complexity index is 663. The third kappa shape index (κ3) is 3.57. The first kappa shape index (κ1) is 14.5. The molecular weight excluding hydrogens is 266 g/mol. The third-order valence-corrected chi connectivity index (χ3v) is 3.02. The lowest BCUT2D eigenvalue weighted by atomic mass is 10.1. The van der Waals surface area contributed by atoms with Gasteiger partial charge in [0.25, 0.3) is 5.91 Å². The van der Waals surface area contributed by atoms with E-state index >= 15 is 0 Å². The maximum Gasteiger partial charge on any atom is 0.330 e. The number of rotatable bonds is 4. The van der Waals surface area contributed by atoms with Gasteiger partial charge in [-0.05, 0) is 17.7 Å². The van der Waals surface area contributed by atoms with Crippen molar-refractivity contribution in [1.29, 1.82) is 0 Å². The van der Waals surface area contributed by atoms with E-state index in [-0.39, 0.29) is 5.91 Å². The molecule has 0 unspecified atom stereocenters. The fourth-order valence-electron chi connectivity index (χ4n) is 1.98. The van der Waals surface area contributed by atoms with Gasteiger partial charge in [-0.3, -0.25) is 4.79 Å². The smallest absolute Gasteiger partial charge is 0.330 e. The summed E-state index contributed by atoms with van der Waals surface area (Å²) < 4.78 is 0. The molecule has 4 heteroatoms. The molecule has 0 saturated carbocycles. The van der Waals surface area contributed by atoms with Gasteiger partial charge in [-0.2, -0.15) is 0 Å². The van der Waals surface area contributed by atoms with Crippen LogP contribution in [0.2, 0.25) is 0 Å². The number of amides is 1. The van der Waals surface area contributed by atoms with Crippen molar-refractivity contribution in [2.45, 2.75) is 0 Å². The van der Waals surface area contributed by atoms with Crippen molar-refractivity contribution in [3.8, 4) is 0 Å². The lowest BCUT2D eigenvalue weighted by Crippen LogP contribution is -2.25. The molecule has 0 bridgehead atoms. The highest BCUT2D eigenvalue weighted by Crippen LogP contribution is 2.20. The number of aliphatic carboxylic acids is 1. The fourth-order valence-corrected chi connectivity index (χ4v) is 1.98. The Labute approximate surface area is 123 Å². The fraction of sp³-hybridized carbons (Fsp3) is 0.0588. The van der Waals surface area contributed by atoms with Crippen LogP contribution in [0.1, 0.15) is 15.9 Å². The Hall–Kier alpha value is -2.88. The number of nitrogens with zero attached hydrogens (tertiary/aromatic N) is 1. The molecule has 0 aliphatic heterocycles. The zero-order valence-corrected chi connectivity index (χ0v) is 11.6. The number of carbonyl (C=O) groups is 2. The lowest BCUT2D eigenvalue weighted by molar-refractivity contribution is -0.131.